The third-order valence-corrected chi connectivity index (χ3v) is 5.01. The van der Waals surface area contributed by atoms with Crippen molar-refractivity contribution in [1.29, 1.82) is 0 Å². The predicted octanol–water partition coefficient (Wildman–Crippen LogP) is 3.01. The van der Waals surface area contributed by atoms with Gasteiger partial charge in [0.2, 0.25) is 0 Å². The van der Waals surface area contributed by atoms with Gasteiger partial charge < -0.3 is 24.9 Å². The SMILES string of the molecule is COc1cc(-c2cn(C3CCC(CO)O3)c3ncnc(N)c23)ccc1Cl. The van der Waals surface area contributed by atoms with Gasteiger partial charge in [-0.1, -0.05) is 17.7 Å². The molecule has 0 amide bonds. The number of anilines is 1. The maximum absolute atomic E-state index is 9.35. The second-order valence-electron chi connectivity index (χ2n) is 6.23. The molecular formula is C18H19ClN4O3. The molecule has 2 atom stereocenters. The molecule has 0 aliphatic carbocycles. The molecule has 0 bridgehead atoms. The first-order chi connectivity index (χ1) is 12.6. The van der Waals surface area contributed by atoms with E-state index in [1.165, 1.54) is 6.33 Å². The summed E-state index contributed by atoms with van der Waals surface area (Å²) in [6.45, 7) is 0.00800. The Morgan fingerprint density at radius 2 is 2.23 bits per heavy atom. The molecule has 1 aliphatic rings. The molecule has 3 N–H and O–H groups in total. The molecule has 1 fully saturated rings. The lowest BCUT2D eigenvalue weighted by molar-refractivity contribution is -0.0204. The van der Waals surface area contributed by atoms with Gasteiger partial charge in [0.05, 0.1) is 30.2 Å². The lowest BCUT2D eigenvalue weighted by atomic mass is 10.1. The van der Waals surface area contributed by atoms with E-state index in [4.69, 9.17) is 26.8 Å². The number of rotatable bonds is 4. The van der Waals surface area contributed by atoms with Gasteiger partial charge in [-0.05, 0) is 30.5 Å². The highest BCUT2D eigenvalue weighted by atomic mass is 35.5. The van der Waals surface area contributed by atoms with E-state index in [1.807, 2.05) is 22.9 Å². The summed E-state index contributed by atoms with van der Waals surface area (Å²) in [5.74, 6) is 0.979. The molecule has 4 rings (SSSR count). The Morgan fingerprint density at radius 3 is 2.96 bits per heavy atom. The number of benzene rings is 1. The highest BCUT2D eigenvalue weighted by molar-refractivity contribution is 6.32. The predicted molar refractivity (Wildman–Crippen MR) is 99.2 cm³/mol. The fraction of sp³-hybridized carbons (Fsp3) is 0.333. The average molecular weight is 375 g/mol. The highest BCUT2D eigenvalue weighted by Crippen LogP contribution is 2.39. The number of aromatic nitrogens is 3. The van der Waals surface area contributed by atoms with Crippen molar-refractivity contribution in [3.63, 3.8) is 0 Å². The van der Waals surface area contributed by atoms with Gasteiger partial charge in [0.1, 0.15) is 29.8 Å². The molecular weight excluding hydrogens is 356 g/mol. The fourth-order valence-electron chi connectivity index (χ4n) is 3.40. The third kappa shape index (κ3) is 2.78. The van der Waals surface area contributed by atoms with Crippen LogP contribution in [0.3, 0.4) is 0 Å². The second-order valence-corrected chi connectivity index (χ2v) is 6.64. The first-order valence-electron chi connectivity index (χ1n) is 8.33. The number of hydrogen-bond acceptors (Lipinski definition) is 6. The lowest BCUT2D eigenvalue weighted by Gasteiger charge is -2.14. The Hall–Kier alpha value is -2.35. The number of methoxy groups -OCH3 is 1. The topological polar surface area (TPSA) is 95.4 Å². The quantitative estimate of drug-likeness (QED) is 0.728. The van der Waals surface area contributed by atoms with Crippen LogP contribution in [-0.2, 0) is 4.74 Å². The monoisotopic (exact) mass is 374 g/mol. The molecule has 3 aromatic rings. The minimum atomic E-state index is -0.202. The minimum absolute atomic E-state index is 0.00800. The molecule has 8 heteroatoms. The van der Waals surface area contributed by atoms with Gasteiger partial charge in [0, 0.05) is 11.8 Å². The smallest absolute Gasteiger partial charge is 0.148 e. The number of nitrogens with two attached hydrogens (primary N) is 1. The van der Waals surface area contributed by atoms with E-state index >= 15 is 0 Å². The van der Waals surface area contributed by atoms with Crippen LogP contribution < -0.4 is 10.5 Å². The number of nitrogens with zero attached hydrogens (tertiary/aromatic N) is 3. The molecule has 0 saturated carbocycles. The zero-order valence-electron chi connectivity index (χ0n) is 14.2. The van der Waals surface area contributed by atoms with Gasteiger partial charge in [-0.15, -0.1) is 0 Å². The maximum atomic E-state index is 9.35. The van der Waals surface area contributed by atoms with E-state index in [-0.39, 0.29) is 18.9 Å². The Labute approximate surface area is 155 Å². The summed E-state index contributed by atoms with van der Waals surface area (Å²) >= 11 is 6.15. The van der Waals surface area contributed by atoms with Crippen LogP contribution in [0.25, 0.3) is 22.2 Å². The van der Waals surface area contributed by atoms with Crippen molar-refractivity contribution in [3.8, 4) is 16.9 Å². The van der Waals surface area contributed by atoms with Crippen LogP contribution in [0.4, 0.5) is 5.82 Å². The summed E-state index contributed by atoms with van der Waals surface area (Å²) in [4.78, 5) is 8.56. The molecule has 7 nitrogen and oxygen atoms in total. The van der Waals surface area contributed by atoms with Crippen LogP contribution >= 0.6 is 11.6 Å². The van der Waals surface area contributed by atoms with Crippen molar-refractivity contribution in [3.05, 3.63) is 35.7 Å². The fourth-order valence-corrected chi connectivity index (χ4v) is 3.59. The molecule has 3 heterocycles. The largest absolute Gasteiger partial charge is 0.495 e. The van der Waals surface area contributed by atoms with Crippen molar-refractivity contribution in [2.45, 2.75) is 25.2 Å². The van der Waals surface area contributed by atoms with E-state index < -0.39 is 0 Å². The van der Waals surface area contributed by atoms with E-state index in [1.54, 1.807) is 13.2 Å². The zero-order valence-corrected chi connectivity index (χ0v) is 15.0. The van der Waals surface area contributed by atoms with Gasteiger partial charge in [-0.2, -0.15) is 0 Å². The number of nitrogen functional groups attached to an aromatic ring is 1. The Bertz CT molecular complexity index is 959. The summed E-state index contributed by atoms with van der Waals surface area (Å²) in [5, 5.41) is 10.6. The van der Waals surface area contributed by atoms with E-state index in [0.717, 1.165) is 29.4 Å². The molecule has 0 spiro atoms. The minimum Gasteiger partial charge on any atom is -0.495 e. The molecule has 1 aliphatic heterocycles. The second kappa shape index (κ2) is 6.75. The zero-order chi connectivity index (χ0) is 18.3. The number of aliphatic hydroxyl groups is 1. The number of fused-ring (bicyclic) bond motifs is 1. The molecule has 2 aromatic heterocycles. The number of halogens is 1. The summed E-state index contributed by atoms with van der Waals surface area (Å²) in [6, 6.07) is 5.55. The average Bonchev–Trinajstić information content (AvgIpc) is 3.27. The number of ether oxygens (including phenoxy) is 2. The Balaban J connectivity index is 1.88. The van der Waals surface area contributed by atoms with Crippen LogP contribution in [0.1, 0.15) is 19.1 Å². The lowest BCUT2D eigenvalue weighted by Crippen LogP contribution is -2.14. The summed E-state index contributed by atoms with van der Waals surface area (Å²) in [6.07, 6.45) is 4.64. The van der Waals surface area contributed by atoms with Gasteiger partial charge in [0.25, 0.3) is 0 Å². The first kappa shape index (κ1) is 17.1. The van der Waals surface area contributed by atoms with Crippen molar-refractivity contribution < 1.29 is 14.6 Å². The van der Waals surface area contributed by atoms with Crippen molar-refractivity contribution in [2.24, 2.45) is 0 Å². The standard InChI is InChI=1S/C18H19ClN4O3/c1-25-14-6-10(2-4-13(14)19)12-7-23(15-5-3-11(8-24)26-15)18-16(12)17(20)21-9-22-18/h2,4,6-7,9,11,15,24H,3,5,8H2,1H3,(H2,20,21,22). The summed E-state index contributed by atoms with van der Waals surface area (Å²) in [7, 11) is 1.58. The molecule has 2 unspecified atom stereocenters. The number of hydrogen-bond donors (Lipinski definition) is 2. The summed E-state index contributed by atoms with van der Waals surface area (Å²) < 4.78 is 13.2. The van der Waals surface area contributed by atoms with Crippen molar-refractivity contribution >= 4 is 28.5 Å². The Kier molecular flexibility index (Phi) is 4.44. The molecule has 136 valence electrons. The van der Waals surface area contributed by atoms with E-state index in [0.29, 0.717) is 22.2 Å². The highest BCUT2D eigenvalue weighted by Gasteiger charge is 2.28. The molecule has 26 heavy (non-hydrogen) atoms. The maximum Gasteiger partial charge on any atom is 0.148 e. The van der Waals surface area contributed by atoms with Crippen molar-refractivity contribution in [1.82, 2.24) is 14.5 Å². The summed E-state index contributed by atoms with van der Waals surface area (Å²) in [5.41, 5.74) is 8.63. The van der Waals surface area contributed by atoms with Gasteiger partial charge in [-0.25, -0.2) is 9.97 Å². The van der Waals surface area contributed by atoms with Crippen LogP contribution in [0.15, 0.2) is 30.7 Å². The number of aliphatic hydroxyl groups excluding tert-OH is 1. The molecule has 1 aromatic carbocycles. The van der Waals surface area contributed by atoms with Crippen molar-refractivity contribution in [2.75, 3.05) is 19.5 Å². The normalized spacial score (nSPS) is 20.0. The van der Waals surface area contributed by atoms with Crippen LogP contribution in [0.5, 0.6) is 5.75 Å². The van der Waals surface area contributed by atoms with Gasteiger partial charge in [-0.3, -0.25) is 0 Å². The first-order valence-corrected chi connectivity index (χ1v) is 8.71. The van der Waals surface area contributed by atoms with Crippen LogP contribution in [0.2, 0.25) is 5.02 Å². The third-order valence-electron chi connectivity index (χ3n) is 4.70. The van der Waals surface area contributed by atoms with Gasteiger partial charge in [0.15, 0.2) is 0 Å². The van der Waals surface area contributed by atoms with E-state index in [9.17, 15) is 5.11 Å². The molecule has 0 radical (unpaired) electrons. The van der Waals surface area contributed by atoms with Gasteiger partial charge >= 0.3 is 0 Å². The Morgan fingerprint density at radius 1 is 1.38 bits per heavy atom. The van der Waals surface area contributed by atoms with E-state index in [2.05, 4.69) is 9.97 Å². The van der Waals surface area contributed by atoms with Crippen LogP contribution in [0, 0.1) is 0 Å². The van der Waals surface area contributed by atoms with Crippen LogP contribution in [-0.4, -0.2) is 39.5 Å². The molecule has 1 saturated heterocycles.